The van der Waals surface area contributed by atoms with Gasteiger partial charge in [-0.15, -0.1) is 0 Å². The molecule has 0 spiro atoms. The fourth-order valence-electron chi connectivity index (χ4n) is 1.69. The quantitative estimate of drug-likeness (QED) is 0.620. The van der Waals surface area contributed by atoms with Crippen molar-refractivity contribution in [1.29, 1.82) is 0 Å². The molecule has 9 nitrogen and oxygen atoms in total. The summed E-state index contributed by atoms with van der Waals surface area (Å²) in [4.78, 5) is 24.3. The SMILES string of the molecule is COC(=O)NS(=O)(=O)N1CCNCC1C(=O)N(C)C. The highest BCUT2D eigenvalue weighted by atomic mass is 32.2. The van der Waals surface area contributed by atoms with Gasteiger partial charge in [0, 0.05) is 33.7 Å². The number of likely N-dealkylation sites (N-methyl/N-ethyl adjacent to an activating group) is 1. The zero-order chi connectivity index (χ0) is 14.6. The molecule has 19 heavy (non-hydrogen) atoms. The third kappa shape index (κ3) is 3.78. The lowest BCUT2D eigenvalue weighted by molar-refractivity contribution is -0.133. The van der Waals surface area contributed by atoms with Gasteiger partial charge < -0.3 is 15.0 Å². The molecule has 110 valence electrons. The van der Waals surface area contributed by atoms with E-state index < -0.39 is 22.3 Å². The number of nitrogens with one attached hydrogen (secondary N) is 2. The molecular formula is C9H18N4O5S. The second kappa shape index (κ2) is 6.17. The average Bonchev–Trinajstić information content (AvgIpc) is 2.37. The van der Waals surface area contributed by atoms with E-state index in [0.717, 1.165) is 11.4 Å². The van der Waals surface area contributed by atoms with Gasteiger partial charge in [0.25, 0.3) is 0 Å². The van der Waals surface area contributed by atoms with Crippen molar-refractivity contribution in [3.63, 3.8) is 0 Å². The first kappa shape index (κ1) is 15.7. The summed E-state index contributed by atoms with van der Waals surface area (Å²) in [5, 5.41) is 2.94. The maximum Gasteiger partial charge on any atom is 0.421 e. The summed E-state index contributed by atoms with van der Waals surface area (Å²) >= 11 is 0. The van der Waals surface area contributed by atoms with E-state index in [1.54, 1.807) is 4.72 Å². The van der Waals surface area contributed by atoms with E-state index in [1.165, 1.54) is 19.0 Å². The van der Waals surface area contributed by atoms with Crippen LogP contribution in [0.2, 0.25) is 0 Å². The number of ether oxygens (including phenoxy) is 1. The van der Waals surface area contributed by atoms with Crippen LogP contribution in [0.4, 0.5) is 4.79 Å². The smallest absolute Gasteiger partial charge is 0.421 e. The highest BCUT2D eigenvalue weighted by molar-refractivity contribution is 7.87. The molecule has 1 unspecified atom stereocenters. The van der Waals surface area contributed by atoms with Crippen LogP contribution in [0.25, 0.3) is 0 Å². The van der Waals surface area contributed by atoms with E-state index in [2.05, 4.69) is 10.1 Å². The molecule has 0 aromatic heterocycles. The molecule has 0 radical (unpaired) electrons. The van der Waals surface area contributed by atoms with Crippen molar-refractivity contribution in [2.24, 2.45) is 0 Å². The summed E-state index contributed by atoms with van der Waals surface area (Å²) in [6.45, 7) is 0.689. The molecule has 2 N–H and O–H groups in total. The predicted molar refractivity (Wildman–Crippen MR) is 66.5 cm³/mol. The fourth-order valence-corrected chi connectivity index (χ4v) is 2.93. The number of piperazine rings is 1. The number of rotatable bonds is 3. The number of nitrogens with zero attached hydrogens (tertiary/aromatic N) is 2. The van der Waals surface area contributed by atoms with Crippen LogP contribution in [0.15, 0.2) is 0 Å². The lowest BCUT2D eigenvalue weighted by Crippen LogP contribution is -2.61. The summed E-state index contributed by atoms with van der Waals surface area (Å²) in [5.41, 5.74) is 0. The Hall–Kier alpha value is -1.39. The fraction of sp³-hybridized carbons (Fsp3) is 0.778. The predicted octanol–water partition coefficient (Wildman–Crippen LogP) is -2.05. The lowest BCUT2D eigenvalue weighted by Gasteiger charge is -2.34. The number of methoxy groups -OCH3 is 1. The van der Waals surface area contributed by atoms with Gasteiger partial charge in [0.2, 0.25) is 5.91 Å². The van der Waals surface area contributed by atoms with Crippen LogP contribution >= 0.6 is 0 Å². The molecular weight excluding hydrogens is 276 g/mol. The van der Waals surface area contributed by atoms with Gasteiger partial charge in [0.1, 0.15) is 6.04 Å². The van der Waals surface area contributed by atoms with Crippen molar-refractivity contribution < 1.29 is 22.7 Å². The van der Waals surface area contributed by atoms with Gasteiger partial charge in [-0.2, -0.15) is 12.7 Å². The molecule has 1 atom stereocenters. The number of carbonyl (C=O) groups is 2. The van der Waals surface area contributed by atoms with E-state index >= 15 is 0 Å². The van der Waals surface area contributed by atoms with Crippen molar-refractivity contribution in [2.45, 2.75) is 6.04 Å². The lowest BCUT2D eigenvalue weighted by atomic mass is 10.2. The van der Waals surface area contributed by atoms with Crippen molar-refractivity contribution in [1.82, 2.24) is 19.2 Å². The van der Waals surface area contributed by atoms with Crippen LogP contribution in [-0.2, 0) is 19.7 Å². The van der Waals surface area contributed by atoms with Gasteiger partial charge in [-0.3, -0.25) is 4.79 Å². The van der Waals surface area contributed by atoms with Crippen LogP contribution in [0.3, 0.4) is 0 Å². The maximum atomic E-state index is 12.0. The van der Waals surface area contributed by atoms with Crippen LogP contribution in [-0.4, -0.2) is 76.5 Å². The molecule has 1 heterocycles. The van der Waals surface area contributed by atoms with E-state index in [4.69, 9.17) is 0 Å². The Morgan fingerprint density at radius 2 is 2.05 bits per heavy atom. The standard InChI is InChI=1S/C9H18N4O5S/c1-12(2)8(14)7-6-10-4-5-13(7)19(16,17)11-9(15)18-3/h7,10H,4-6H2,1-3H3,(H,11,15). The van der Waals surface area contributed by atoms with E-state index in [1.807, 2.05) is 0 Å². The maximum absolute atomic E-state index is 12.0. The molecule has 1 aliphatic rings. The largest absolute Gasteiger partial charge is 0.452 e. The molecule has 1 saturated heterocycles. The minimum absolute atomic E-state index is 0.0938. The topological polar surface area (TPSA) is 108 Å². The van der Waals surface area contributed by atoms with Crippen molar-refractivity contribution in [2.75, 3.05) is 40.8 Å². The van der Waals surface area contributed by atoms with Crippen LogP contribution in [0.5, 0.6) is 0 Å². The highest BCUT2D eigenvalue weighted by Gasteiger charge is 2.38. The molecule has 1 fully saturated rings. The molecule has 0 aromatic carbocycles. The Bertz CT molecular complexity index is 450. The minimum Gasteiger partial charge on any atom is -0.452 e. The van der Waals surface area contributed by atoms with Gasteiger partial charge in [0.05, 0.1) is 7.11 Å². The van der Waals surface area contributed by atoms with Crippen molar-refractivity contribution >= 4 is 22.2 Å². The number of hydrogen-bond acceptors (Lipinski definition) is 6. The highest BCUT2D eigenvalue weighted by Crippen LogP contribution is 2.10. The van der Waals surface area contributed by atoms with Crippen molar-refractivity contribution in [3.8, 4) is 0 Å². The van der Waals surface area contributed by atoms with E-state index in [-0.39, 0.29) is 19.0 Å². The Balaban J connectivity index is 2.93. The Labute approximate surface area is 112 Å². The van der Waals surface area contributed by atoms with Crippen LogP contribution in [0, 0.1) is 0 Å². The average molecular weight is 294 g/mol. The van der Waals surface area contributed by atoms with Gasteiger partial charge in [-0.25, -0.2) is 9.52 Å². The molecule has 0 aliphatic carbocycles. The third-order valence-electron chi connectivity index (χ3n) is 2.63. The summed E-state index contributed by atoms with van der Waals surface area (Å²) in [5.74, 6) is -0.359. The number of hydrogen-bond donors (Lipinski definition) is 2. The van der Waals surface area contributed by atoms with Gasteiger partial charge >= 0.3 is 16.3 Å². The molecule has 0 bridgehead atoms. The summed E-state index contributed by atoms with van der Waals surface area (Å²) in [7, 11) is 0.0338. The zero-order valence-electron chi connectivity index (χ0n) is 11.0. The second-order valence-electron chi connectivity index (χ2n) is 4.16. The van der Waals surface area contributed by atoms with Crippen LogP contribution in [0.1, 0.15) is 0 Å². The van der Waals surface area contributed by atoms with Gasteiger partial charge in [-0.05, 0) is 0 Å². The van der Waals surface area contributed by atoms with Crippen molar-refractivity contribution in [3.05, 3.63) is 0 Å². The Morgan fingerprint density at radius 3 is 2.58 bits per heavy atom. The minimum atomic E-state index is -4.10. The van der Waals surface area contributed by atoms with Crippen LogP contribution < -0.4 is 10.0 Å². The van der Waals surface area contributed by atoms with Gasteiger partial charge in [-0.1, -0.05) is 0 Å². The summed E-state index contributed by atoms with van der Waals surface area (Å²) in [6, 6.07) is -0.883. The van der Waals surface area contributed by atoms with E-state index in [0.29, 0.717) is 6.54 Å². The first-order valence-corrected chi connectivity index (χ1v) is 7.03. The normalized spacial score (nSPS) is 20.7. The Kier molecular flexibility index (Phi) is 5.09. The molecule has 1 aliphatic heterocycles. The summed E-state index contributed by atoms with van der Waals surface area (Å²) in [6.07, 6.45) is -1.09. The molecule has 0 saturated carbocycles. The first-order chi connectivity index (χ1) is 8.79. The monoisotopic (exact) mass is 294 g/mol. The number of carbonyl (C=O) groups excluding carboxylic acids is 2. The first-order valence-electron chi connectivity index (χ1n) is 5.59. The zero-order valence-corrected chi connectivity index (χ0v) is 11.9. The second-order valence-corrected chi connectivity index (χ2v) is 5.79. The summed E-state index contributed by atoms with van der Waals surface area (Å²) < 4.78 is 31.0. The molecule has 1 rings (SSSR count). The van der Waals surface area contributed by atoms with E-state index in [9.17, 15) is 18.0 Å². The Morgan fingerprint density at radius 1 is 1.42 bits per heavy atom. The van der Waals surface area contributed by atoms with Gasteiger partial charge in [0.15, 0.2) is 0 Å². The number of amides is 2. The molecule has 0 aromatic rings. The third-order valence-corrected chi connectivity index (χ3v) is 4.11. The molecule has 2 amide bonds. The molecule has 10 heteroatoms.